The van der Waals surface area contributed by atoms with Crippen LogP contribution in [0.1, 0.15) is 25.7 Å². The third-order valence-corrected chi connectivity index (χ3v) is 3.76. The molecule has 3 rings (SSSR count). The molecule has 0 aromatic rings. The molecule has 3 fully saturated rings. The molecule has 0 aliphatic heterocycles. The van der Waals surface area contributed by atoms with Crippen LogP contribution >= 0.6 is 0 Å². The second kappa shape index (κ2) is 3.26. The van der Waals surface area contributed by atoms with Crippen molar-refractivity contribution >= 4 is 11.9 Å². The highest BCUT2D eigenvalue weighted by molar-refractivity contribution is 5.79. The molecule has 0 heterocycles. The van der Waals surface area contributed by atoms with E-state index in [-0.39, 0.29) is 11.8 Å². The van der Waals surface area contributed by atoms with Crippen LogP contribution in [-0.2, 0) is 9.59 Å². The number of fused-ring (bicyclic) bond motifs is 3. The SMILES string of the molecule is O=C([O-])[C@@H]1C2CCC(CC2)[C@@H]1C(=O)[O-]. The summed E-state index contributed by atoms with van der Waals surface area (Å²) in [4.78, 5) is 21.7. The summed E-state index contributed by atoms with van der Waals surface area (Å²) < 4.78 is 0. The van der Waals surface area contributed by atoms with Gasteiger partial charge in [0.2, 0.25) is 0 Å². The Hall–Kier alpha value is -1.06. The van der Waals surface area contributed by atoms with E-state index in [1.54, 1.807) is 0 Å². The van der Waals surface area contributed by atoms with Crippen LogP contribution in [0, 0.1) is 23.7 Å². The molecule has 2 bridgehead atoms. The summed E-state index contributed by atoms with van der Waals surface area (Å²) in [6.45, 7) is 0. The van der Waals surface area contributed by atoms with Crippen LogP contribution in [0.2, 0.25) is 0 Å². The van der Waals surface area contributed by atoms with Crippen LogP contribution in [-0.4, -0.2) is 11.9 Å². The molecule has 14 heavy (non-hydrogen) atoms. The second-order valence-electron chi connectivity index (χ2n) is 4.36. The fourth-order valence-electron chi connectivity index (χ4n) is 3.13. The van der Waals surface area contributed by atoms with E-state index in [2.05, 4.69) is 0 Å². The normalized spacial score (nSPS) is 40.9. The second-order valence-corrected chi connectivity index (χ2v) is 4.36. The maximum Gasteiger partial charge on any atom is 0.0454 e. The first-order chi connectivity index (χ1) is 6.61. The van der Waals surface area contributed by atoms with Gasteiger partial charge in [0.25, 0.3) is 0 Å². The Balaban J connectivity index is 2.27. The van der Waals surface area contributed by atoms with Crippen LogP contribution in [0.25, 0.3) is 0 Å². The van der Waals surface area contributed by atoms with Gasteiger partial charge in [0, 0.05) is 23.8 Å². The Morgan fingerprint density at radius 2 is 1.07 bits per heavy atom. The van der Waals surface area contributed by atoms with Crippen molar-refractivity contribution in [2.75, 3.05) is 0 Å². The van der Waals surface area contributed by atoms with Gasteiger partial charge in [0.15, 0.2) is 0 Å². The van der Waals surface area contributed by atoms with Crippen molar-refractivity contribution in [2.24, 2.45) is 23.7 Å². The summed E-state index contributed by atoms with van der Waals surface area (Å²) in [5.74, 6) is -4.07. The predicted molar refractivity (Wildman–Crippen MR) is 42.4 cm³/mol. The van der Waals surface area contributed by atoms with Gasteiger partial charge in [-0.2, -0.15) is 0 Å². The molecule has 3 aliphatic rings. The first kappa shape index (κ1) is 9.49. The van der Waals surface area contributed by atoms with Crippen LogP contribution in [0.4, 0.5) is 0 Å². The van der Waals surface area contributed by atoms with E-state index < -0.39 is 23.8 Å². The third-order valence-electron chi connectivity index (χ3n) is 3.76. The van der Waals surface area contributed by atoms with Crippen LogP contribution in [0.15, 0.2) is 0 Å². The summed E-state index contributed by atoms with van der Waals surface area (Å²) >= 11 is 0. The van der Waals surface area contributed by atoms with Crippen molar-refractivity contribution in [3.8, 4) is 0 Å². The molecule has 4 heteroatoms. The minimum absolute atomic E-state index is 0.00657. The molecule has 0 radical (unpaired) electrons. The Kier molecular flexibility index (Phi) is 2.21. The Morgan fingerprint density at radius 3 is 1.29 bits per heavy atom. The van der Waals surface area contributed by atoms with E-state index in [0.29, 0.717) is 0 Å². The molecule has 78 valence electrons. The van der Waals surface area contributed by atoms with Gasteiger partial charge < -0.3 is 19.8 Å². The number of carboxylic acids is 2. The summed E-state index contributed by atoms with van der Waals surface area (Å²) in [6.07, 6.45) is 3.31. The van der Waals surface area contributed by atoms with E-state index in [1.807, 2.05) is 0 Å². The standard InChI is InChI=1S/C10H14O4/c11-9(12)7-5-1-2-6(4-3-5)8(7)10(13)14/h5-8H,1-4H2,(H,11,12)(H,13,14)/p-2/t5?,6?,7-,8+. The zero-order valence-electron chi connectivity index (χ0n) is 7.77. The number of carbonyl (C=O) groups excluding carboxylic acids is 2. The molecule has 0 aromatic carbocycles. The number of hydrogen-bond acceptors (Lipinski definition) is 4. The fraction of sp³-hybridized carbons (Fsp3) is 0.800. The van der Waals surface area contributed by atoms with Gasteiger partial charge in [-0.15, -0.1) is 0 Å². The Labute approximate surface area is 81.9 Å². The Morgan fingerprint density at radius 1 is 0.786 bits per heavy atom. The van der Waals surface area contributed by atoms with E-state index >= 15 is 0 Å². The maximum atomic E-state index is 10.9. The molecule has 0 unspecified atom stereocenters. The highest BCUT2D eigenvalue weighted by atomic mass is 16.4. The number of hydrogen-bond donors (Lipinski definition) is 0. The smallest absolute Gasteiger partial charge is 0.0454 e. The first-order valence-electron chi connectivity index (χ1n) is 5.03. The molecule has 0 aromatic heterocycles. The lowest BCUT2D eigenvalue weighted by Crippen LogP contribution is -2.54. The molecule has 0 N–H and O–H groups in total. The monoisotopic (exact) mass is 196 g/mol. The van der Waals surface area contributed by atoms with Gasteiger partial charge in [-0.3, -0.25) is 0 Å². The van der Waals surface area contributed by atoms with Gasteiger partial charge in [-0.1, -0.05) is 0 Å². The summed E-state index contributed by atoms with van der Waals surface area (Å²) in [5.41, 5.74) is 0. The van der Waals surface area contributed by atoms with Gasteiger partial charge in [-0.05, 0) is 37.5 Å². The first-order valence-corrected chi connectivity index (χ1v) is 5.03. The molecule has 4 nitrogen and oxygen atoms in total. The molecule has 0 saturated heterocycles. The zero-order valence-corrected chi connectivity index (χ0v) is 7.77. The largest absolute Gasteiger partial charge is 0.550 e. The summed E-state index contributed by atoms with van der Waals surface area (Å²) in [7, 11) is 0. The van der Waals surface area contributed by atoms with E-state index in [0.717, 1.165) is 25.7 Å². The quantitative estimate of drug-likeness (QED) is 0.540. The van der Waals surface area contributed by atoms with Crippen molar-refractivity contribution in [1.29, 1.82) is 0 Å². The van der Waals surface area contributed by atoms with Crippen LogP contribution in [0.3, 0.4) is 0 Å². The predicted octanol–water partition coefficient (Wildman–Crippen LogP) is -1.46. The lowest BCUT2D eigenvalue weighted by Gasteiger charge is -2.49. The molecule has 0 spiro atoms. The van der Waals surface area contributed by atoms with Crippen molar-refractivity contribution < 1.29 is 19.8 Å². The van der Waals surface area contributed by atoms with E-state index in [4.69, 9.17) is 0 Å². The summed E-state index contributed by atoms with van der Waals surface area (Å²) in [6, 6.07) is 0. The Bertz CT molecular complexity index is 237. The van der Waals surface area contributed by atoms with Gasteiger partial charge in [-0.25, -0.2) is 0 Å². The lowest BCUT2D eigenvalue weighted by molar-refractivity contribution is -0.334. The maximum absolute atomic E-state index is 10.9. The molecular weight excluding hydrogens is 184 g/mol. The zero-order chi connectivity index (χ0) is 10.3. The average molecular weight is 196 g/mol. The molecule has 3 saturated carbocycles. The minimum atomic E-state index is -1.21. The van der Waals surface area contributed by atoms with E-state index in [9.17, 15) is 19.8 Å². The van der Waals surface area contributed by atoms with Gasteiger partial charge >= 0.3 is 0 Å². The van der Waals surface area contributed by atoms with Gasteiger partial charge in [0.1, 0.15) is 0 Å². The lowest BCUT2D eigenvalue weighted by atomic mass is 9.58. The number of carboxylic acid groups (broad SMARTS) is 2. The molecule has 3 aliphatic carbocycles. The van der Waals surface area contributed by atoms with Gasteiger partial charge in [0.05, 0.1) is 0 Å². The number of aliphatic carboxylic acids is 2. The van der Waals surface area contributed by atoms with Crippen LogP contribution < -0.4 is 10.2 Å². The fourth-order valence-corrected chi connectivity index (χ4v) is 3.13. The van der Waals surface area contributed by atoms with Crippen molar-refractivity contribution in [3.63, 3.8) is 0 Å². The minimum Gasteiger partial charge on any atom is -0.550 e. The van der Waals surface area contributed by atoms with E-state index in [1.165, 1.54) is 0 Å². The molecule has 0 amide bonds. The highest BCUT2D eigenvalue weighted by Gasteiger charge is 2.44. The number of carbonyl (C=O) groups is 2. The van der Waals surface area contributed by atoms with Crippen molar-refractivity contribution in [3.05, 3.63) is 0 Å². The molecular formula is C10H12O4-2. The molecule has 2 atom stereocenters. The third kappa shape index (κ3) is 1.29. The van der Waals surface area contributed by atoms with Crippen LogP contribution in [0.5, 0.6) is 0 Å². The van der Waals surface area contributed by atoms with Crippen molar-refractivity contribution in [2.45, 2.75) is 25.7 Å². The van der Waals surface area contributed by atoms with Crippen molar-refractivity contribution in [1.82, 2.24) is 0 Å². The summed E-state index contributed by atoms with van der Waals surface area (Å²) in [5, 5.41) is 21.7. The topological polar surface area (TPSA) is 80.3 Å². The average Bonchev–Trinajstić information content (AvgIpc) is 2.17. The highest BCUT2D eigenvalue weighted by Crippen LogP contribution is 2.48. The number of rotatable bonds is 2.